The van der Waals surface area contributed by atoms with Crippen molar-refractivity contribution in [1.29, 1.82) is 0 Å². The summed E-state index contributed by atoms with van der Waals surface area (Å²) >= 11 is 0. The van der Waals surface area contributed by atoms with E-state index in [2.05, 4.69) is 80.6 Å². The topological polar surface area (TPSA) is 9.23 Å². The first-order chi connectivity index (χ1) is 13.2. The minimum Gasteiger partial charge on any atom is -0.496 e. The Labute approximate surface area is 161 Å². The lowest BCUT2D eigenvalue weighted by Gasteiger charge is -2.17. The molecule has 4 aromatic carbocycles. The predicted molar refractivity (Wildman–Crippen MR) is 117 cm³/mol. The average molecular weight is 354 g/mol. The van der Waals surface area contributed by atoms with Gasteiger partial charge >= 0.3 is 0 Å². The fourth-order valence-electron chi connectivity index (χ4n) is 4.04. The number of ether oxygens (including phenoxy) is 1. The Bertz CT molecular complexity index is 1110. The molecule has 0 radical (unpaired) electrons. The molecule has 0 aromatic heterocycles. The zero-order chi connectivity index (χ0) is 18.8. The summed E-state index contributed by atoms with van der Waals surface area (Å²) in [6.45, 7) is 4.43. The Morgan fingerprint density at radius 3 is 2.37 bits per heavy atom. The molecule has 0 aliphatic rings. The summed E-state index contributed by atoms with van der Waals surface area (Å²) in [6, 6.07) is 24.2. The van der Waals surface area contributed by atoms with Crippen molar-refractivity contribution in [3.8, 4) is 16.9 Å². The Kier molecular flexibility index (Phi) is 4.85. The molecular weight excluding hydrogens is 328 g/mol. The number of aryl methyl sites for hydroxylation is 2. The third kappa shape index (κ3) is 3.19. The molecule has 0 heterocycles. The van der Waals surface area contributed by atoms with E-state index in [-0.39, 0.29) is 0 Å². The molecule has 0 bridgehead atoms. The second-order valence-electron chi connectivity index (χ2n) is 7.28. The molecular formula is C26H26O. The zero-order valence-electron chi connectivity index (χ0n) is 16.4. The van der Waals surface area contributed by atoms with Crippen molar-refractivity contribution in [1.82, 2.24) is 0 Å². The molecule has 27 heavy (non-hydrogen) atoms. The van der Waals surface area contributed by atoms with Crippen LogP contribution in [-0.2, 0) is 6.42 Å². The Balaban J connectivity index is 2.02. The van der Waals surface area contributed by atoms with Crippen LogP contribution in [0.25, 0.3) is 32.7 Å². The first kappa shape index (κ1) is 17.6. The number of methoxy groups -OCH3 is 1. The Morgan fingerprint density at radius 2 is 1.56 bits per heavy atom. The molecule has 0 aliphatic carbocycles. The molecule has 0 aliphatic heterocycles. The third-order valence-corrected chi connectivity index (χ3v) is 5.47. The number of fused-ring (bicyclic) bond motifs is 2. The lowest BCUT2D eigenvalue weighted by atomic mass is 9.89. The lowest BCUT2D eigenvalue weighted by Crippen LogP contribution is -1.94. The van der Waals surface area contributed by atoms with E-state index in [0.29, 0.717) is 0 Å². The van der Waals surface area contributed by atoms with Gasteiger partial charge in [0.15, 0.2) is 0 Å². The maximum atomic E-state index is 5.81. The fraction of sp³-hybridized carbons (Fsp3) is 0.231. The normalized spacial score (nSPS) is 11.2. The molecule has 0 fully saturated rings. The Morgan fingerprint density at radius 1 is 0.778 bits per heavy atom. The van der Waals surface area contributed by atoms with Crippen LogP contribution in [0.5, 0.6) is 5.75 Å². The SMILES string of the molecule is CCCCc1ccc2c(-c3c(C)ccc4ccccc34)c(OC)ccc2c1. The first-order valence-electron chi connectivity index (χ1n) is 9.81. The number of hydrogen-bond acceptors (Lipinski definition) is 1. The van der Waals surface area contributed by atoms with Crippen molar-refractivity contribution >= 4 is 21.5 Å². The average Bonchev–Trinajstić information content (AvgIpc) is 2.71. The van der Waals surface area contributed by atoms with Crippen LogP contribution in [0.4, 0.5) is 0 Å². The van der Waals surface area contributed by atoms with Gasteiger partial charge in [-0.3, -0.25) is 0 Å². The van der Waals surface area contributed by atoms with Gasteiger partial charge in [0.1, 0.15) is 5.75 Å². The minimum absolute atomic E-state index is 0.934. The summed E-state index contributed by atoms with van der Waals surface area (Å²) in [7, 11) is 1.76. The molecule has 0 spiro atoms. The molecule has 1 nitrogen and oxygen atoms in total. The summed E-state index contributed by atoms with van der Waals surface area (Å²) in [5.41, 5.74) is 5.16. The summed E-state index contributed by atoms with van der Waals surface area (Å²) in [5, 5.41) is 5.08. The highest BCUT2D eigenvalue weighted by atomic mass is 16.5. The zero-order valence-corrected chi connectivity index (χ0v) is 16.4. The van der Waals surface area contributed by atoms with Gasteiger partial charge in [0.2, 0.25) is 0 Å². The summed E-state index contributed by atoms with van der Waals surface area (Å²) < 4.78 is 5.81. The number of unbranched alkanes of at least 4 members (excludes halogenated alkanes) is 1. The summed E-state index contributed by atoms with van der Waals surface area (Å²) in [4.78, 5) is 0. The molecule has 0 N–H and O–H groups in total. The molecule has 0 amide bonds. The highest BCUT2D eigenvalue weighted by Crippen LogP contribution is 2.42. The molecule has 0 saturated carbocycles. The van der Waals surface area contributed by atoms with Crippen LogP contribution in [0.2, 0.25) is 0 Å². The maximum absolute atomic E-state index is 5.81. The second kappa shape index (κ2) is 7.44. The second-order valence-corrected chi connectivity index (χ2v) is 7.28. The molecule has 136 valence electrons. The van der Waals surface area contributed by atoms with Crippen LogP contribution in [-0.4, -0.2) is 7.11 Å². The van der Waals surface area contributed by atoms with Crippen LogP contribution in [0.3, 0.4) is 0 Å². The van der Waals surface area contributed by atoms with E-state index in [0.717, 1.165) is 12.2 Å². The minimum atomic E-state index is 0.934. The van der Waals surface area contributed by atoms with Gasteiger partial charge in [-0.15, -0.1) is 0 Å². The van der Waals surface area contributed by atoms with E-state index >= 15 is 0 Å². The number of benzene rings is 4. The highest BCUT2D eigenvalue weighted by molar-refractivity contribution is 6.08. The van der Waals surface area contributed by atoms with E-state index in [9.17, 15) is 0 Å². The van der Waals surface area contributed by atoms with Gasteiger partial charge in [-0.25, -0.2) is 0 Å². The van der Waals surface area contributed by atoms with Gasteiger partial charge in [-0.05, 0) is 64.1 Å². The first-order valence-corrected chi connectivity index (χ1v) is 9.81. The predicted octanol–water partition coefficient (Wildman–Crippen LogP) is 7.32. The smallest absolute Gasteiger partial charge is 0.127 e. The number of hydrogen-bond donors (Lipinski definition) is 0. The van der Waals surface area contributed by atoms with Crippen LogP contribution >= 0.6 is 0 Å². The monoisotopic (exact) mass is 354 g/mol. The van der Waals surface area contributed by atoms with Crippen molar-refractivity contribution in [3.05, 3.63) is 77.9 Å². The van der Waals surface area contributed by atoms with Crippen LogP contribution in [0, 0.1) is 6.92 Å². The standard InChI is InChI=1S/C26H26O/c1-4-5-8-19-12-15-23-21(17-19)14-16-24(27-3)26(23)25-18(2)11-13-20-9-6-7-10-22(20)25/h6-7,9-17H,4-5,8H2,1-3H3. The van der Waals surface area contributed by atoms with E-state index in [1.165, 1.54) is 56.6 Å². The van der Waals surface area contributed by atoms with Crippen LogP contribution in [0.15, 0.2) is 66.7 Å². The van der Waals surface area contributed by atoms with E-state index in [4.69, 9.17) is 4.74 Å². The molecule has 0 saturated heterocycles. The van der Waals surface area contributed by atoms with Crippen LogP contribution < -0.4 is 4.74 Å². The van der Waals surface area contributed by atoms with Gasteiger partial charge < -0.3 is 4.74 Å². The van der Waals surface area contributed by atoms with E-state index < -0.39 is 0 Å². The van der Waals surface area contributed by atoms with Crippen molar-refractivity contribution in [2.75, 3.05) is 7.11 Å². The quantitative estimate of drug-likeness (QED) is 0.365. The van der Waals surface area contributed by atoms with Gasteiger partial charge in [0.05, 0.1) is 7.11 Å². The Hall–Kier alpha value is -2.80. The highest BCUT2D eigenvalue weighted by Gasteiger charge is 2.16. The molecule has 0 atom stereocenters. The largest absolute Gasteiger partial charge is 0.496 e. The van der Waals surface area contributed by atoms with E-state index in [1.807, 2.05) is 0 Å². The lowest BCUT2D eigenvalue weighted by molar-refractivity contribution is 0.417. The molecule has 0 unspecified atom stereocenters. The summed E-state index contributed by atoms with van der Waals surface area (Å²) in [5.74, 6) is 0.934. The summed E-state index contributed by atoms with van der Waals surface area (Å²) in [6.07, 6.45) is 3.60. The van der Waals surface area contributed by atoms with Crippen molar-refractivity contribution < 1.29 is 4.74 Å². The van der Waals surface area contributed by atoms with E-state index in [1.54, 1.807) is 7.11 Å². The number of rotatable bonds is 5. The van der Waals surface area contributed by atoms with Gasteiger partial charge in [0, 0.05) is 5.56 Å². The fourth-order valence-corrected chi connectivity index (χ4v) is 4.04. The van der Waals surface area contributed by atoms with Gasteiger partial charge in [-0.2, -0.15) is 0 Å². The van der Waals surface area contributed by atoms with Gasteiger partial charge in [-0.1, -0.05) is 74.0 Å². The van der Waals surface area contributed by atoms with Gasteiger partial charge in [0.25, 0.3) is 0 Å². The molecule has 4 rings (SSSR count). The molecule has 4 aromatic rings. The molecule has 1 heteroatoms. The van der Waals surface area contributed by atoms with Crippen LogP contribution in [0.1, 0.15) is 30.9 Å². The maximum Gasteiger partial charge on any atom is 0.127 e. The van der Waals surface area contributed by atoms with Crippen molar-refractivity contribution in [2.45, 2.75) is 33.1 Å². The van der Waals surface area contributed by atoms with Crippen molar-refractivity contribution in [3.63, 3.8) is 0 Å². The van der Waals surface area contributed by atoms with Crippen molar-refractivity contribution in [2.24, 2.45) is 0 Å². The third-order valence-electron chi connectivity index (χ3n) is 5.47.